The number of halogens is 1. The SMILES string of the molecule is CC(C)CCC(O)c1ccccc1Br. The molecule has 2 heteroatoms. The molecule has 0 aliphatic carbocycles. The lowest BCUT2D eigenvalue weighted by atomic mass is 10.0. The largest absolute Gasteiger partial charge is 0.388 e. The summed E-state index contributed by atoms with van der Waals surface area (Å²) in [6, 6.07) is 7.85. The summed E-state index contributed by atoms with van der Waals surface area (Å²) in [6.07, 6.45) is 1.55. The Balaban J connectivity index is 2.60. The topological polar surface area (TPSA) is 20.2 Å². The van der Waals surface area contributed by atoms with Gasteiger partial charge in [0.2, 0.25) is 0 Å². The van der Waals surface area contributed by atoms with E-state index in [-0.39, 0.29) is 6.10 Å². The van der Waals surface area contributed by atoms with Crippen LogP contribution in [0.1, 0.15) is 38.4 Å². The van der Waals surface area contributed by atoms with Crippen LogP contribution in [0.15, 0.2) is 28.7 Å². The van der Waals surface area contributed by atoms with Crippen molar-refractivity contribution < 1.29 is 5.11 Å². The molecule has 1 nitrogen and oxygen atoms in total. The molecule has 0 fully saturated rings. The van der Waals surface area contributed by atoms with Crippen LogP contribution in [0.5, 0.6) is 0 Å². The maximum absolute atomic E-state index is 9.92. The fourth-order valence-corrected chi connectivity index (χ4v) is 1.94. The normalized spacial score (nSPS) is 13.2. The predicted molar refractivity (Wildman–Crippen MR) is 63.2 cm³/mol. The molecule has 1 N–H and O–H groups in total. The van der Waals surface area contributed by atoms with Gasteiger partial charge in [0.15, 0.2) is 0 Å². The van der Waals surface area contributed by atoms with Crippen molar-refractivity contribution in [1.82, 2.24) is 0 Å². The highest BCUT2D eigenvalue weighted by Gasteiger charge is 2.10. The van der Waals surface area contributed by atoms with Gasteiger partial charge in [0.25, 0.3) is 0 Å². The predicted octanol–water partition coefficient (Wildman–Crippen LogP) is 3.92. The van der Waals surface area contributed by atoms with Gasteiger partial charge in [-0.2, -0.15) is 0 Å². The van der Waals surface area contributed by atoms with Crippen LogP contribution in [-0.4, -0.2) is 5.11 Å². The highest BCUT2D eigenvalue weighted by Crippen LogP contribution is 2.27. The first-order chi connectivity index (χ1) is 6.61. The van der Waals surface area contributed by atoms with Gasteiger partial charge in [-0.05, 0) is 30.4 Å². The van der Waals surface area contributed by atoms with E-state index >= 15 is 0 Å². The summed E-state index contributed by atoms with van der Waals surface area (Å²) < 4.78 is 0.997. The van der Waals surface area contributed by atoms with Crippen LogP contribution in [0.2, 0.25) is 0 Å². The molecule has 0 radical (unpaired) electrons. The monoisotopic (exact) mass is 256 g/mol. The van der Waals surface area contributed by atoms with Crippen LogP contribution >= 0.6 is 15.9 Å². The highest BCUT2D eigenvalue weighted by molar-refractivity contribution is 9.10. The van der Waals surface area contributed by atoms with E-state index in [1.54, 1.807) is 0 Å². The van der Waals surface area contributed by atoms with E-state index in [4.69, 9.17) is 0 Å². The Labute approximate surface area is 94.3 Å². The molecule has 0 aliphatic heterocycles. The lowest BCUT2D eigenvalue weighted by Gasteiger charge is -2.13. The van der Waals surface area contributed by atoms with Crippen molar-refractivity contribution in [3.63, 3.8) is 0 Å². The van der Waals surface area contributed by atoms with E-state index in [0.717, 1.165) is 22.9 Å². The van der Waals surface area contributed by atoms with Crippen LogP contribution in [0.25, 0.3) is 0 Å². The van der Waals surface area contributed by atoms with Crippen LogP contribution in [-0.2, 0) is 0 Å². The Morgan fingerprint density at radius 2 is 1.86 bits per heavy atom. The van der Waals surface area contributed by atoms with E-state index in [1.807, 2.05) is 24.3 Å². The van der Waals surface area contributed by atoms with Crippen LogP contribution in [0.3, 0.4) is 0 Å². The second-order valence-electron chi connectivity index (χ2n) is 4.01. The van der Waals surface area contributed by atoms with E-state index < -0.39 is 0 Å². The maximum atomic E-state index is 9.92. The van der Waals surface area contributed by atoms with Gasteiger partial charge in [-0.25, -0.2) is 0 Å². The Morgan fingerprint density at radius 3 is 2.43 bits per heavy atom. The summed E-state index contributed by atoms with van der Waals surface area (Å²) >= 11 is 3.44. The Morgan fingerprint density at radius 1 is 1.21 bits per heavy atom. The van der Waals surface area contributed by atoms with Crippen molar-refractivity contribution in [1.29, 1.82) is 0 Å². The maximum Gasteiger partial charge on any atom is 0.0801 e. The van der Waals surface area contributed by atoms with Crippen LogP contribution in [0, 0.1) is 5.92 Å². The first-order valence-electron chi connectivity index (χ1n) is 5.03. The Kier molecular flexibility index (Phi) is 4.63. The summed E-state index contributed by atoms with van der Waals surface area (Å²) in [5, 5.41) is 9.92. The van der Waals surface area contributed by atoms with E-state index in [0.29, 0.717) is 5.92 Å². The second kappa shape index (κ2) is 5.52. The molecule has 0 saturated heterocycles. The van der Waals surface area contributed by atoms with Crippen LogP contribution in [0.4, 0.5) is 0 Å². The first kappa shape index (κ1) is 11.7. The summed E-state index contributed by atoms with van der Waals surface area (Å²) in [6.45, 7) is 4.35. The molecule has 0 amide bonds. The second-order valence-corrected chi connectivity index (χ2v) is 4.86. The van der Waals surface area contributed by atoms with Crippen molar-refractivity contribution in [2.45, 2.75) is 32.8 Å². The molecule has 78 valence electrons. The quantitative estimate of drug-likeness (QED) is 0.866. The van der Waals surface area contributed by atoms with Crippen LogP contribution < -0.4 is 0 Å². The minimum Gasteiger partial charge on any atom is -0.388 e. The van der Waals surface area contributed by atoms with Crippen molar-refractivity contribution in [3.8, 4) is 0 Å². The molecule has 1 rings (SSSR count). The Bertz CT molecular complexity index is 283. The average Bonchev–Trinajstić information content (AvgIpc) is 2.15. The lowest BCUT2D eigenvalue weighted by Crippen LogP contribution is -2.00. The Hall–Kier alpha value is -0.340. The van der Waals surface area contributed by atoms with Gasteiger partial charge in [0, 0.05) is 4.47 Å². The number of benzene rings is 1. The number of rotatable bonds is 4. The van der Waals surface area contributed by atoms with E-state index in [1.165, 1.54) is 0 Å². The fourth-order valence-electron chi connectivity index (χ4n) is 1.39. The van der Waals surface area contributed by atoms with Gasteiger partial charge < -0.3 is 5.11 Å². The zero-order valence-corrected chi connectivity index (χ0v) is 10.3. The van der Waals surface area contributed by atoms with Gasteiger partial charge in [0.1, 0.15) is 0 Å². The third-order valence-electron chi connectivity index (χ3n) is 2.28. The fraction of sp³-hybridized carbons (Fsp3) is 0.500. The third kappa shape index (κ3) is 3.43. The summed E-state index contributed by atoms with van der Waals surface area (Å²) in [5.74, 6) is 0.645. The number of aliphatic hydroxyl groups is 1. The van der Waals surface area contributed by atoms with Crippen molar-refractivity contribution in [2.24, 2.45) is 5.92 Å². The molecule has 0 bridgehead atoms. The first-order valence-corrected chi connectivity index (χ1v) is 5.83. The smallest absolute Gasteiger partial charge is 0.0801 e. The van der Waals surface area contributed by atoms with Gasteiger partial charge in [0.05, 0.1) is 6.10 Å². The third-order valence-corrected chi connectivity index (χ3v) is 3.00. The minimum atomic E-state index is -0.340. The van der Waals surface area contributed by atoms with E-state index in [2.05, 4.69) is 29.8 Å². The summed E-state index contributed by atoms with van der Waals surface area (Å²) in [7, 11) is 0. The molecular weight excluding hydrogens is 240 g/mol. The molecule has 1 aromatic carbocycles. The average molecular weight is 257 g/mol. The number of hydrogen-bond donors (Lipinski definition) is 1. The zero-order chi connectivity index (χ0) is 10.6. The number of aliphatic hydroxyl groups excluding tert-OH is 1. The molecule has 1 atom stereocenters. The van der Waals surface area contributed by atoms with Gasteiger partial charge in [-0.1, -0.05) is 48.0 Å². The molecular formula is C12H17BrO. The molecule has 0 aromatic heterocycles. The van der Waals surface area contributed by atoms with Crippen molar-refractivity contribution in [2.75, 3.05) is 0 Å². The van der Waals surface area contributed by atoms with Gasteiger partial charge in [-0.15, -0.1) is 0 Å². The molecule has 1 aromatic rings. The zero-order valence-electron chi connectivity index (χ0n) is 8.70. The summed E-state index contributed by atoms with van der Waals surface area (Å²) in [4.78, 5) is 0. The van der Waals surface area contributed by atoms with Gasteiger partial charge >= 0.3 is 0 Å². The molecule has 0 aliphatic rings. The number of hydrogen-bond acceptors (Lipinski definition) is 1. The molecule has 0 spiro atoms. The summed E-state index contributed by atoms with van der Waals surface area (Å²) in [5.41, 5.74) is 0.994. The molecule has 14 heavy (non-hydrogen) atoms. The standard InChI is InChI=1S/C12H17BrO/c1-9(2)7-8-12(14)10-5-3-4-6-11(10)13/h3-6,9,12,14H,7-8H2,1-2H3. The molecule has 0 heterocycles. The highest BCUT2D eigenvalue weighted by atomic mass is 79.9. The van der Waals surface area contributed by atoms with Gasteiger partial charge in [-0.3, -0.25) is 0 Å². The molecule has 1 unspecified atom stereocenters. The minimum absolute atomic E-state index is 0.340. The lowest BCUT2D eigenvalue weighted by molar-refractivity contribution is 0.158. The molecule has 0 saturated carbocycles. The van der Waals surface area contributed by atoms with E-state index in [9.17, 15) is 5.11 Å². The van der Waals surface area contributed by atoms with Crippen molar-refractivity contribution >= 4 is 15.9 Å². The van der Waals surface area contributed by atoms with Crippen molar-refractivity contribution in [3.05, 3.63) is 34.3 Å².